The van der Waals surface area contributed by atoms with E-state index in [9.17, 15) is 15.0 Å². The van der Waals surface area contributed by atoms with Gasteiger partial charge in [0.2, 0.25) is 0 Å². The van der Waals surface area contributed by atoms with Gasteiger partial charge in [0.25, 0.3) is 0 Å². The standard InChI is InChI=1S/C22H24O6/c1-21(2)26-13-22(3,14-27-21)20(25)28-19-8-6-15(7-9-19)4-5-16-10-17(23)12-18(24)11-16/h4-12,23-24H,13-14H2,1-3H3/b5-4+. The molecule has 2 aromatic rings. The van der Waals surface area contributed by atoms with E-state index in [-0.39, 0.29) is 24.7 Å². The Balaban J connectivity index is 1.63. The minimum atomic E-state index is -0.856. The maximum atomic E-state index is 12.5. The normalized spacial score (nSPS) is 18.1. The van der Waals surface area contributed by atoms with E-state index >= 15 is 0 Å². The highest BCUT2D eigenvalue weighted by Crippen LogP contribution is 2.31. The van der Waals surface area contributed by atoms with Gasteiger partial charge in [-0.25, -0.2) is 0 Å². The molecule has 28 heavy (non-hydrogen) atoms. The molecule has 1 heterocycles. The molecule has 0 radical (unpaired) electrons. The van der Waals surface area contributed by atoms with Crippen molar-refractivity contribution in [3.63, 3.8) is 0 Å². The fourth-order valence-electron chi connectivity index (χ4n) is 2.65. The van der Waals surface area contributed by atoms with Crippen molar-refractivity contribution in [3.05, 3.63) is 53.6 Å². The molecule has 1 aliphatic rings. The molecular weight excluding hydrogens is 360 g/mol. The third kappa shape index (κ3) is 4.91. The molecule has 0 spiro atoms. The number of hydrogen-bond acceptors (Lipinski definition) is 6. The maximum Gasteiger partial charge on any atom is 0.321 e. The molecule has 1 aliphatic heterocycles. The molecule has 0 unspecified atom stereocenters. The van der Waals surface area contributed by atoms with Gasteiger partial charge < -0.3 is 24.4 Å². The summed E-state index contributed by atoms with van der Waals surface area (Å²) in [7, 11) is 0. The molecule has 6 heteroatoms. The average molecular weight is 384 g/mol. The molecule has 0 aromatic heterocycles. The van der Waals surface area contributed by atoms with Crippen molar-refractivity contribution in [1.29, 1.82) is 0 Å². The molecule has 0 amide bonds. The van der Waals surface area contributed by atoms with Crippen molar-refractivity contribution in [2.75, 3.05) is 13.2 Å². The highest BCUT2D eigenvalue weighted by molar-refractivity contribution is 5.79. The van der Waals surface area contributed by atoms with Crippen molar-refractivity contribution in [3.8, 4) is 17.2 Å². The van der Waals surface area contributed by atoms with E-state index < -0.39 is 17.2 Å². The second kappa shape index (κ2) is 7.66. The first-order valence-corrected chi connectivity index (χ1v) is 8.97. The third-order valence-corrected chi connectivity index (χ3v) is 4.45. The number of rotatable bonds is 4. The predicted molar refractivity (Wildman–Crippen MR) is 105 cm³/mol. The summed E-state index contributed by atoms with van der Waals surface area (Å²) in [6, 6.07) is 11.4. The summed E-state index contributed by atoms with van der Waals surface area (Å²) in [4.78, 5) is 12.5. The summed E-state index contributed by atoms with van der Waals surface area (Å²) in [6.45, 7) is 5.84. The Labute approximate surface area is 164 Å². The number of hydrogen-bond donors (Lipinski definition) is 2. The minimum Gasteiger partial charge on any atom is -0.508 e. The fourth-order valence-corrected chi connectivity index (χ4v) is 2.65. The van der Waals surface area contributed by atoms with Crippen LogP contribution in [0.1, 0.15) is 31.9 Å². The largest absolute Gasteiger partial charge is 0.508 e. The van der Waals surface area contributed by atoms with Crippen LogP contribution in [0.4, 0.5) is 0 Å². The van der Waals surface area contributed by atoms with Crippen molar-refractivity contribution in [2.24, 2.45) is 5.41 Å². The van der Waals surface area contributed by atoms with E-state index in [0.717, 1.165) is 5.56 Å². The van der Waals surface area contributed by atoms with E-state index in [4.69, 9.17) is 14.2 Å². The lowest BCUT2D eigenvalue weighted by atomic mass is 9.92. The van der Waals surface area contributed by atoms with E-state index in [1.54, 1.807) is 49.4 Å². The zero-order valence-electron chi connectivity index (χ0n) is 16.1. The van der Waals surface area contributed by atoms with Crippen LogP contribution in [0, 0.1) is 5.41 Å². The van der Waals surface area contributed by atoms with Crippen LogP contribution in [0.15, 0.2) is 42.5 Å². The predicted octanol–water partition coefficient (Wildman–Crippen LogP) is 3.96. The third-order valence-electron chi connectivity index (χ3n) is 4.45. The first kappa shape index (κ1) is 19.9. The van der Waals surface area contributed by atoms with Crippen LogP contribution in [0.2, 0.25) is 0 Å². The van der Waals surface area contributed by atoms with Crippen LogP contribution in [-0.4, -0.2) is 35.2 Å². The molecule has 0 saturated carbocycles. The van der Waals surface area contributed by atoms with Gasteiger partial charge in [-0.15, -0.1) is 0 Å². The van der Waals surface area contributed by atoms with Crippen molar-refractivity contribution in [2.45, 2.75) is 26.6 Å². The Hall–Kier alpha value is -2.83. The summed E-state index contributed by atoms with van der Waals surface area (Å²) in [6.07, 6.45) is 3.59. The molecule has 2 aromatic carbocycles. The Morgan fingerprint density at radius 1 is 0.929 bits per heavy atom. The Morgan fingerprint density at radius 3 is 2.04 bits per heavy atom. The smallest absolute Gasteiger partial charge is 0.321 e. The van der Waals surface area contributed by atoms with Crippen LogP contribution in [-0.2, 0) is 14.3 Å². The summed E-state index contributed by atoms with van der Waals surface area (Å²) in [5, 5.41) is 19.0. The first-order valence-electron chi connectivity index (χ1n) is 8.97. The molecule has 148 valence electrons. The number of carbonyl (C=O) groups is 1. The first-order chi connectivity index (χ1) is 13.2. The highest BCUT2D eigenvalue weighted by atomic mass is 16.7. The topological polar surface area (TPSA) is 85.2 Å². The number of ether oxygens (including phenoxy) is 3. The van der Waals surface area contributed by atoms with Gasteiger partial charge >= 0.3 is 5.97 Å². The van der Waals surface area contributed by atoms with Gasteiger partial charge in [0, 0.05) is 6.07 Å². The number of phenolic OH excluding ortho intramolecular Hbond substituents is 2. The van der Waals surface area contributed by atoms with Gasteiger partial charge in [-0.3, -0.25) is 4.79 Å². The molecule has 0 atom stereocenters. The van der Waals surface area contributed by atoms with Crippen molar-refractivity contribution < 1.29 is 29.2 Å². The van der Waals surface area contributed by atoms with Gasteiger partial charge in [0.15, 0.2) is 5.79 Å². The number of aromatic hydroxyl groups is 2. The summed E-state index contributed by atoms with van der Waals surface area (Å²) in [5.41, 5.74) is 0.687. The lowest BCUT2D eigenvalue weighted by Crippen LogP contribution is -2.50. The SMILES string of the molecule is CC1(C)OCC(C)(C(=O)Oc2ccc(/C=C/c3cc(O)cc(O)c3)cc2)CO1. The lowest BCUT2D eigenvalue weighted by molar-refractivity contribution is -0.279. The highest BCUT2D eigenvalue weighted by Gasteiger charge is 2.43. The Kier molecular flexibility index (Phi) is 5.45. The van der Waals surface area contributed by atoms with Gasteiger partial charge in [0.05, 0.1) is 13.2 Å². The Morgan fingerprint density at radius 2 is 1.46 bits per heavy atom. The molecule has 1 fully saturated rings. The zero-order valence-corrected chi connectivity index (χ0v) is 16.1. The van der Waals surface area contributed by atoms with E-state index in [0.29, 0.717) is 11.3 Å². The molecular formula is C22H24O6. The zero-order chi connectivity index (χ0) is 20.4. The Bertz CT molecular complexity index is 852. The number of esters is 1. The fraction of sp³-hybridized carbons (Fsp3) is 0.318. The van der Waals surface area contributed by atoms with Crippen molar-refractivity contribution in [1.82, 2.24) is 0 Å². The summed E-state index contributed by atoms with van der Waals surface area (Å²) < 4.78 is 16.6. The van der Waals surface area contributed by atoms with Gasteiger partial charge in [0.1, 0.15) is 22.7 Å². The van der Waals surface area contributed by atoms with Crippen LogP contribution in [0.3, 0.4) is 0 Å². The monoisotopic (exact) mass is 384 g/mol. The van der Waals surface area contributed by atoms with E-state index in [1.807, 2.05) is 19.9 Å². The van der Waals surface area contributed by atoms with Crippen LogP contribution in [0.25, 0.3) is 12.2 Å². The molecule has 0 bridgehead atoms. The minimum absolute atomic E-state index is 0.00513. The maximum absolute atomic E-state index is 12.5. The molecule has 1 saturated heterocycles. The van der Waals surface area contributed by atoms with Crippen LogP contribution < -0.4 is 4.74 Å². The quantitative estimate of drug-likeness (QED) is 0.471. The van der Waals surface area contributed by atoms with Crippen LogP contribution in [0.5, 0.6) is 17.2 Å². The number of phenols is 2. The molecule has 2 N–H and O–H groups in total. The van der Waals surface area contributed by atoms with E-state index in [1.165, 1.54) is 6.07 Å². The van der Waals surface area contributed by atoms with Gasteiger partial charge in [-0.05, 0) is 56.2 Å². The van der Waals surface area contributed by atoms with Crippen molar-refractivity contribution >= 4 is 18.1 Å². The second-order valence-electron chi connectivity index (χ2n) is 7.61. The number of benzene rings is 2. The van der Waals surface area contributed by atoms with Crippen LogP contribution >= 0.6 is 0 Å². The molecule has 6 nitrogen and oxygen atoms in total. The van der Waals surface area contributed by atoms with E-state index in [2.05, 4.69) is 0 Å². The molecule has 3 rings (SSSR count). The average Bonchev–Trinajstić information content (AvgIpc) is 2.63. The molecule has 0 aliphatic carbocycles. The summed E-state index contributed by atoms with van der Waals surface area (Å²) in [5.74, 6) is -0.672. The number of carbonyl (C=O) groups excluding carboxylic acids is 1. The lowest BCUT2D eigenvalue weighted by Gasteiger charge is -2.39. The summed E-state index contributed by atoms with van der Waals surface area (Å²) >= 11 is 0. The second-order valence-corrected chi connectivity index (χ2v) is 7.61. The van der Waals surface area contributed by atoms with Gasteiger partial charge in [-0.1, -0.05) is 24.3 Å². The van der Waals surface area contributed by atoms with Gasteiger partial charge in [-0.2, -0.15) is 0 Å².